The van der Waals surface area contributed by atoms with Gasteiger partial charge in [0.2, 0.25) is 0 Å². The molecule has 11 heavy (non-hydrogen) atoms. The highest BCUT2D eigenvalue weighted by Crippen LogP contribution is 2.46. The minimum atomic E-state index is -0.916. The predicted molar refractivity (Wildman–Crippen MR) is 49.8 cm³/mol. The van der Waals surface area contributed by atoms with E-state index < -0.39 is 13.2 Å². The Bertz CT molecular complexity index is 142. The van der Waals surface area contributed by atoms with Crippen LogP contribution in [0.5, 0.6) is 0 Å². The molecule has 0 aromatic carbocycles. The van der Waals surface area contributed by atoms with Gasteiger partial charge in [-0.1, -0.05) is 0 Å². The van der Waals surface area contributed by atoms with Crippen molar-refractivity contribution in [3.63, 3.8) is 0 Å². The minimum Gasteiger partial charge on any atom is -0.481 e. The normalized spacial score (nSPS) is 14.5. The van der Waals surface area contributed by atoms with E-state index in [1.165, 1.54) is 0 Å². The zero-order valence-electron chi connectivity index (χ0n) is 7.37. The summed E-state index contributed by atoms with van der Waals surface area (Å²) in [6.07, 6.45) is 0.955. The Balaban J connectivity index is 3.69. The first-order valence-electron chi connectivity index (χ1n) is 3.59. The molecule has 0 aliphatic rings. The van der Waals surface area contributed by atoms with Crippen LogP contribution in [-0.2, 0) is 4.79 Å². The van der Waals surface area contributed by atoms with Crippen LogP contribution in [0.3, 0.4) is 0 Å². The molecule has 0 spiro atoms. The van der Waals surface area contributed by atoms with Gasteiger partial charge in [0.25, 0.3) is 0 Å². The van der Waals surface area contributed by atoms with Gasteiger partial charge >= 0.3 is 5.97 Å². The Morgan fingerprint density at radius 3 is 2.27 bits per heavy atom. The molecule has 0 heterocycles. The zero-order chi connectivity index (χ0) is 9.07. The van der Waals surface area contributed by atoms with E-state index in [-0.39, 0.29) is 12.5 Å². The minimum absolute atomic E-state index is 0.0945. The quantitative estimate of drug-likeness (QED) is 0.623. The van der Waals surface area contributed by atoms with E-state index in [1.54, 1.807) is 0 Å². The smallest absolute Gasteiger partial charge is 0.305 e. The molecular weight excluding hydrogens is 161 g/mol. The van der Waals surface area contributed by atoms with Gasteiger partial charge in [0.05, 0.1) is 12.6 Å². The van der Waals surface area contributed by atoms with E-state index in [0.29, 0.717) is 0 Å². The maximum Gasteiger partial charge on any atom is 0.305 e. The van der Waals surface area contributed by atoms with Gasteiger partial charge in [-0.3, -0.25) is 4.79 Å². The monoisotopic (exact) mass is 178 g/mol. The summed E-state index contributed by atoms with van der Waals surface area (Å²) in [7, 11) is -0.916. The molecule has 0 saturated heterocycles. The Hall–Kier alpha value is -0.140. The van der Waals surface area contributed by atoms with Crippen molar-refractivity contribution in [2.45, 2.75) is 12.5 Å². The molecule has 0 amide bonds. The molecule has 4 heteroatoms. The molecule has 3 N–H and O–H groups in total. The topological polar surface area (TPSA) is 63.3 Å². The summed E-state index contributed by atoms with van der Waals surface area (Å²) in [5.74, 6) is -0.800. The van der Waals surface area contributed by atoms with E-state index in [1.807, 2.05) is 0 Å². The highest BCUT2D eigenvalue weighted by Gasteiger charge is 2.22. The molecule has 0 rings (SSSR count). The van der Waals surface area contributed by atoms with Crippen molar-refractivity contribution >= 4 is 13.2 Å². The first-order chi connectivity index (χ1) is 4.81. The number of carboxylic acid groups (broad SMARTS) is 1. The summed E-state index contributed by atoms with van der Waals surface area (Å²) in [6, 6.07) is -0.166. The van der Waals surface area contributed by atoms with E-state index in [0.717, 1.165) is 6.16 Å². The lowest BCUT2D eigenvalue weighted by molar-refractivity contribution is -0.137. The van der Waals surface area contributed by atoms with Crippen LogP contribution in [0.2, 0.25) is 0 Å². The van der Waals surface area contributed by atoms with E-state index in [4.69, 9.17) is 10.8 Å². The third-order valence-corrected chi connectivity index (χ3v) is 2.78. The Labute approximate surface area is 68.3 Å². The third-order valence-electron chi connectivity index (χ3n) is 1.22. The van der Waals surface area contributed by atoms with Gasteiger partial charge in [-0.25, -0.2) is 0 Å². The van der Waals surface area contributed by atoms with Crippen LogP contribution in [0, 0.1) is 0 Å². The van der Waals surface area contributed by atoms with Crippen LogP contribution in [0.4, 0.5) is 0 Å². The average molecular weight is 178 g/mol. The molecule has 0 aromatic heterocycles. The SMILES string of the molecule is C[P+](C)(C)CC(N)CC(=O)O. The molecule has 0 saturated carbocycles. The Morgan fingerprint density at radius 1 is 1.55 bits per heavy atom. The summed E-state index contributed by atoms with van der Waals surface area (Å²) in [6.45, 7) is 6.48. The van der Waals surface area contributed by atoms with Crippen LogP contribution in [0.25, 0.3) is 0 Å². The molecule has 66 valence electrons. The van der Waals surface area contributed by atoms with Crippen LogP contribution >= 0.6 is 7.26 Å². The lowest BCUT2D eigenvalue weighted by Gasteiger charge is -2.15. The average Bonchev–Trinajstić information content (AvgIpc) is 1.53. The maximum atomic E-state index is 10.2. The molecule has 1 atom stereocenters. The fourth-order valence-corrected chi connectivity index (χ4v) is 2.53. The molecule has 0 fully saturated rings. The second-order valence-corrected chi connectivity index (χ2v) is 8.78. The largest absolute Gasteiger partial charge is 0.481 e. The van der Waals surface area contributed by atoms with E-state index in [9.17, 15) is 4.79 Å². The van der Waals surface area contributed by atoms with Crippen LogP contribution in [-0.4, -0.2) is 43.3 Å². The van der Waals surface area contributed by atoms with Gasteiger partial charge in [-0.05, 0) is 0 Å². The molecule has 0 radical (unpaired) electrons. The fourth-order valence-electron chi connectivity index (χ4n) is 0.992. The highest BCUT2D eigenvalue weighted by molar-refractivity contribution is 7.73. The Morgan fingerprint density at radius 2 is 2.00 bits per heavy atom. The molecule has 0 bridgehead atoms. The summed E-state index contributed by atoms with van der Waals surface area (Å²) < 4.78 is 0. The van der Waals surface area contributed by atoms with Crippen molar-refractivity contribution in [3.05, 3.63) is 0 Å². The first kappa shape index (κ1) is 10.9. The second kappa shape index (κ2) is 4.03. The fraction of sp³-hybridized carbons (Fsp3) is 0.857. The van der Waals surface area contributed by atoms with Crippen molar-refractivity contribution in [2.75, 3.05) is 26.2 Å². The third kappa shape index (κ3) is 7.76. The molecule has 1 unspecified atom stereocenters. The first-order valence-corrected chi connectivity index (χ1v) is 6.90. The molecule has 3 nitrogen and oxygen atoms in total. The van der Waals surface area contributed by atoms with Crippen LogP contribution < -0.4 is 5.73 Å². The number of nitrogens with two attached hydrogens (primary N) is 1. The van der Waals surface area contributed by atoms with Gasteiger partial charge in [-0.15, -0.1) is 0 Å². The van der Waals surface area contributed by atoms with Crippen molar-refractivity contribution in [1.29, 1.82) is 0 Å². The summed E-state index contributed by atoms with van der Waals surface area (Å²) >= 11 is 0. The van der Waals surface area contributed by atoms with Gasteiger partial charge in [0.15, 0.2) is 0 Å². The summed E-state index contributed by atoms with van der Waals surface area (Å²) in [5, 5.41) is 8.41. The predicted octanol–water partition coefficient (Wildman–Crippen LogP) is 0.695. The van der Waals surface area contributed by atoms with E-state index in [2.05, 4.69) is 20.0 Å². The van der Waals surface area contributed by atoms with Crippen LogP contribution in [0.15, 0.2) is 0 Å². The Kier molecular flexibility index (Phi) is 3.98. The zero-order valence-corrected chi connectivity index (χ0v) is 8.27. The van der Waals surface area contributed by atoms with Crippen molar-refractivity contribution in [1.82, 2.24) is 0 Å². The molecule has 0 aromatic rings. The standard InChI is InChI=1S/C7H16NO2P/c1-11(2,3)5-6(8)4-7(9)10/h6H,4-5,8H2,1-3H3/p+1. The number of rotatable bonds is 4. The van der Waals surface area contributed by atoms with Gasteiger partial charge in [0.1, 0.15) is 0 Å². The number of aliphatic carboxylic acids is 1. The van der Waals surface area contributed by atoms with Crippen LogP contribution in [0.1, 0.15) is 6.42 Å². The maximum absolute atomic E-state index is 10.2. The molecule has 0 aliphatic carbocycles. The number of hydrogen-bond acceptors (Lipinski definition) is 2. The number of carbonyl (C=O) groups is 1. The second-order valence-electron chi connectivity index (χ2n) is 3.83. The summed E-state index contributed by atoms with van der Waals surface area (Å²) in [5.41, 5.74) is 5.61. The number of hydrogen-bond donors (Lipinski definition) is 2. The molecule has 0 aliphatic heterocycles. The van der Waals surface area contributed by atoms with Crippen molar-refractivity contribution < 1.29 is 9.90 Å². The highest BCUT2D eigenvalue weighted by atomic mass is 31.2. The molecular formula is C7H17NO2P+. The van der Waals surface area contributed by atoms with E-state index >= 15 is 0 Å². The summed E-state index contributed by atoms with van der Waals surface area (Å²) in [4.78, 5) is 10.2. The van der Waals surface area contributed by atoms with Gasteiger partial charge in [0, 0.05) is 33.3 Å². The lowest BCUT2D eigenvalue weighted by Crippen LogP contribution is -2.28. The van der Waals surface area contributed by atoms with Crippen molar-refractivity contribution in [3.8, 4) is 0 Å². The number of carboxylic acids is 1. The van der Waals surface area contributed by atoms with Gasteiger partial charge < -0.3 is 10.8 Å². The lowest BCUT2D eigenvalue weighted by atomic mass is 10.2. The van der Waals surface area contributed by atoms with Crippen molar-refractivity contribution in [2.24, 2.45) is 5.73 Å². The van der Waals surface area contributed by atoms with Gasteiger partial charge in [-0.2, -0.15) is 0 Å².